The maximum Gasteiger partial charge on any atom is 0.00791 e. The molecule has 0 heterocycles. The molecule has 0 spiro atoms. The molecule has 1 nitrogen and oxygen atoms in total. The molecular weight excluding hydrogens is 122 g/mol. The minimum absolute atomic E-state index is 0.440. The van der Waals surface area contributed by atoms with Gasteiger partial charge in [0.2, 0.25) is 0 Å². The molecule has 0 aromatic carbocycles. The summed E-state index contributed by atoms with van der Waals surface area (Å²) in [6.45, 7) is 4.45. The third-order valence-electron chi connectivity index (χ3n) is 2.42. The second kappa shape index (κ2) is 3.20. The Morgan fingerprint density at radius 3 is 2.80 bits per heavy atom. The van der Waals surface area contributed by atoms with E-state index in [4.69, 9.17) is 5.73 Å². The topological polar surface area (TPSA) is 26.0 Å². The molecule has 1 aliphatic rings. The lowest BCUT2D eigenvalue weighted by atomic mass is 9.88. The van der Waals surface area contributed by atoms with Crippen molar-refractivity contribution < 1.29 is 0 Å². The van der Waals surface area contributed by atoms with Crippen molar-refractivity contribution >= 4 is 0 Å². The first-order chi connectivity index (χ1) is 4.74. The Morgan fingerprint density at radius 2 is 2.30 bits per heavy atom. The molecule has 0 aromatic rings. The van der Waals surface area contributed by atoms with Crippen LogP contribution in [0.25, 0.3) is 0 Å². The highest BCUT2D eigenvalue weighted by Crippen LogP contribution is 2.25. The molecule has 0 saturated carbocycles. The predicted octanol–water partition coefficient (Wildman–Crippen LogP) is 2.22. The number of allylic oxidation sites excluding steroid dienone is 1. The van der Waals surface area contributed by atoms with Gasteiger partial charge in [-0.2, -0.15) is 0 Å². The summed E-state index contributed by atoms with van der Waals surface area (Å²) in [4.78, 5) is 0. The lowest BCUT2D eigenvalue weighted by Crippen LogP contribution is -2.23. The maximum atomic E-state index is 5.81. The highest BCUT2D eigenvalue weighted by atomic mass is 14.6. The second-order valence-electron chi connectivity index (χ2n) is 3.24. The molecule has 0 amide bonds. The monoisotopic (exact) mass is 139 g/mol. The third-order valence-corrected chi connectivity index (χ3v) is 2.42. The van der Waals surface area contributed by atoms with E-state index in [2.05, 4.69) is 13.8 Å². The summed E-state index contributed by atoms with van der Waals surface area (Å²) < 4.78 is 0. The van der Waals surface area contributed by atoms with Crippen LogP contribution in [-0.4, -0.2) is 6.04 Å². The SMILES string of the molecule is CCC1=C(C)C[C@H](N)CC1. The highest BCUT2D eigenvalue weighted by Gasteiger charge is 2.13. The molecule has 1 heteroatoms. The van der Waals surface area contributed by atoms with Crippen molar-refractivity contribution in [3.8, 4) is 0 Å². The summed E-state index contributed by atoms with van der Waals surface area (Å²) in [5, 5.41) is 0. The maximum absolute atomic E-state index is 5.81. The summed E-state index contributed by atoms with van der Waals surface area (Å²) in [5.41, 5.74) is 8.99. The van der Waals surface area contributed by atoms with Crippen LogP contribution < -0.4 is 5.73 Å². The fourth-order valence-corrected chi connectivity index (χ4v) is 1.69. The van der Waals surface area contributed by atoms with Gasteiger partial charge in [0.15, 0.2) is 0 Å². The van der Waals surface area contributed by atoms with Crippen LogP contribution in [0.4, 0.5) is 0 Å². The highest BCUT2D eigenvalue weighted by molar-refractivity contribution is 5.16. The fraction of sp³-hybridized carbons (Fsp3) is 0.778. The largest absolute Gasteiger partial charge is 0.327 e. The van der Waals surface area contributed by atoms with E-state index >= 15 is 0 Å². The van der Waals surface area contributed by atoms with Crippen LogP contribution in [0, 0.1) is 0 Å². The van der Waals surface area contributed by atoms with Crippen LogP contribution in [0.5, 0.6) is 0 Å². The molecule has 0 aliphatic heterocycles. The van der Waals surface area contributed by atoms with Crippen LogP contribution in [-0.2, 0) is 0 Å². The summed E-state index contributed by atoms with van der Waals surface area (Å²) in [5.74, 6) is 0. The van der Waals surface area contributed by atoms with E-state index in [0.29, 0.717) is 6.04 Å². The number of rotatable bonds is 1. The van der Waals surface area contributed by atoms with Gasteiger partial charge in [0.1, 0.15) is 0 Å². The van der Waals surface area contributed by atoms with Gasteiger partial charge in [-0.15, -0.1) is 0 Å². The van der Waals surface area contributed by atoms with Crippen LogP contribution in [0.3, 0.4) is 0 Å². The molecule has 1 atom stereocenters. The Bertz CT molecular complexity index is 147. The van der Waals surface area contributed by atoms with E-state index in [1.54, 1.807) is 11.1 Å². The van der Waals surface area contributed by atoms with E-state index < -0.39 is 0 Å². The molecule has 0 radical (unpaired) electrons. The van der Waals surface area contributed by atoms with Gasteiger partial charge in [-0.3, -0.25) is 0 Å². The van der Waals surface area contributed by atoms with Gasteiger partial charge in [-0.25, -0.2) is 0 Å². The van der Waals surface area contributed by atoms with E-state index in [9.17, 15) is 0 Å². The zero-order valence-corrected chi connectivity index (χ0v) is 6.98. The van der Waals surface area contributed by atoms with Crippen LogP contribution in [0.2, 0.25) is 0 Å². The van der Waals surface area contributed by atoms with E-state index in [-0.39, 0.29) is 0 Å². The lowest BCUT2D eigenvalue weighted by molar-refractivity contribution is 0.560. The van der Waals surface area contributed by atoms with Gasteiger partial charge in [0.05, 0.1) is 0 Å². The van der Waals surface area contributed by atoms with Crippen LogP contribution in [0.1, 0.15) is 39.5 Å². The van der Waals surface area contributed by atoms with Gasteiger partial charge in [-0.1, -0.05) is 18.1 Å². The molecule has 58 valence electrons. The summed E-state index contributed by atoms with van der Waals surface area (Å²) >= 11 is 0. The third kappa shape index (κ3) is 1.60. The summed E-state index contributed by atoms with van der Waals surface area (Å²) in [6, 6.07) is 0.440. The Kier molecular flexibility index (Phi) is 2.50. The zero-order chi connectivity index (χ0) is 7.56. The summed E-state index contributed by atoms with van der Waals surface area (Å²) in [6.07, 6.45) is 4.78. The average Bonchev–Trinajstić information content (AvgIpc) is 1.88. The number of hydrogen-bond acceptors (Lipinski definition) is 1. The first-order valence-corrected chi connectivity index (χ1v) is 4.17. The molecular formula is C9H17N. The zero-order valence-electron chi connectivity index (χ0n) is 6.98. The minimum Gasteiger partial charge on any atom is -0.327 e. The molecule has 0 bridgehead atoms. The minimum atomic E-state index is 0.440. The average molecular weight is 139 g/mol. The normalized spacial score (nSPS) is 27.3. The first kappa shape index (κ1) is 7.80. The van der Waals surface area contributed by atoms with Crippen molar-refractivity contribution in [2.24, 2.45) is 5.73 Å². The molecule has 0 aromatic heterocycles. The number of nitrogens with two attached hydrogens (primary N) is 1. The molecule has 1 aliphatic carbocycles. The van der Waals surface area contributed by atoms with Crippen molar-refractivity contribution in [3.63, 3.8) is 0 Å². The fourth-order valence-electron chi connectivity index (χ4n) is 1.69. The lowest BCUT2D eigenvalue weighted by Gasteiger charge is -2.21. The Hall–Kier alpha value is -0.300. The quantitative estimate of drug-likeness (QED) is 0.554. The standard InChI is InChI=1S/C9H17N/c1-3-8-4-5-9(10)6-7(8)2/h9H,3-6,10H2,1-2H3/t9-/m1/s1. The van der Waals surface area contributed by atoms with Crippen LogP contribution >= 0.6 is 0 Å². The van der Waals surface area contributed by atoms with E-state index in [1.165, 1.54) is 19.3 Å². The smallest absolute Gasteiger partial charge is 0.00791 e. The molecule has 2 N–H and O–H groups in total. The van der Waals surface area contributed by atoms with E-state index in [1.807, 2.05) is 0 Å². The van der Waals surface area contributed by atoms with Crippen molar-refractivity contribution in [2.45, 2.75) is 45.6 Å². The molecule has 0 unspecified atom stereocenters. The van der Waals surface area contributed by atoms with Gasteiger partial charge in [0, 0.05) is 6.04 Å². The van der Waals surface area contributed by atoms with Crippen LogP contribution in [0.15, 0.2) is 11.1 Å². The molecule has 0 saturated heterocycles. The van der Waals surface area contributed by atoms with Gasteiger partial charge >= 0.3 is 0 Å². The Labute approximate surface area is 63.3 Å². The van der Waals surface area contributed by atoms with Crippen molar-refractivity contribution in [1.29, 1.82) is 0 Å². The van der Waals surface area contributed by atoms with Crippen molar-refractivity contribution in [3.05, 3.63) is 11.1 Å². The Morgan fingerprint density at radius 1 is 1.60 bits per heavy atom. The summed E-state index contributed by atoms with van der Waals surface area (Å²) in [7, 11) is 0. The molecule has 0 fully saturated rings. The van der Waals surface area contributed by atoms with Gasteiger partial charge in [0.25, 0.3) is 0 Å². The number of hydrogen-bond donors (Lipinski definition) is 1. The molecule has 10 heavy (non-hydrogen) atoms. The predicted molar refractivity (Wildman–Crippen MR) is 44.8 cm³/mol. The second-order valence-corrected chi connectivity index (χ2v) is 3.24. The van der Waals surface area contributed by atoms with Gasteiger partial charge in [-0.05, 0) is 32.6 Å². The van der Waals surface area contributed by atoms with Crippen molar-refractivity contribution in [1.82, 2.24) is 0 Å². The Balaban J connectivity index is 2.61. The van der Waals surface area contributed by atoms with Gasteiger partial charge < -0.3 is 5.73 Å². The van der Waals surface area contributed by atoms with Crippen molar-refractivity contribution in [2.75, 3.05) is 0 Å². The van der Waals surface area contributed by atoms with E-state index in [0.717, 1.165) is 6.42 Å². The first-order valence-electron chi connectivity index (χ1n) is 4.17. The molecule has 1 rings (SSSR count).